The minimum atomic E-state index is -0.664. The molecule has 4 rings (SSSR count). The van der Waals surface area contributed by atoms with E-state index in [-0.39, 0.29) is 18.9 Å². The van der Waals surface area contributed by atoms with Crippen molar-refractivity contribution in [3.8, 4) is 0 Å². The molecule has 5 heteroatoms. The van der Waals surface area contributed by atoms with Crippen molar-refractivity contribution in [2.24, 2.45) is 0 Å². The molecule has 0 atom stereocenters. The lowest BCUT2D eigenvalue weighted by Crippen LogP contribution is -2.30. The zero-order valence-electron chi connectivity index (χ0n) is 15.6. The molecule has 0 saturated heterocycles. The van der Waals surface area contributed by atoms with Gasteiger partial charge in [-0.05, 0) is 17.7 Å². The van der Waals surface area contributed by atoms with Crippen LogP contribution in [0.25, 0.3) is 10.9 Å². The highest BCUT2D eigenvalue weighted by Gasteiger charge is 2.21. The molecule has 0 fully saturated rings. The van der Waals surface area contributed by atoms with Crippen molar-refractivity contribution >= 4 is 22.6 Å². The predicted molar refractivity (Wildman–Crippen MR) is 110 cm³/mol. The van der Waals surface area contributed by atoms with Crippen LogP contribution < -0.4 is 5.32 Å². The Hall–Kier alpha value is -3.73. The molecule has 1 heterocycles. The van der Waals surface area contributed by atoms with E-state index in [2.05, 4.69) is 5.32 Å². The van der Waals surface area contributed by atoms with Gasteiger partial charge in [-0.3, -0.25) is 9.59 Å². The van der Waals surface area contributed by atoms with Crippen molar-refractivity contribution in [2.75, 3.05) is 0 Å². The van der Waals surface area contributed by atoms with E-state index in [1.807, 2.05) is 48.5 Å². The summed E-state index contributed by atoms with van der Waals surface area (Å²) in [4.78, 5) is 25.3. The molecule has 0 unspecified atom stereocenters. The number of rotatable bonds is 6. The highest BCUT2D eigenvalue weighted by Crippen LogP contribution is 2.23. The standard InChI is InChI=1S/C24H19FN2O2/c25-21-12-6-4-10-18(21)15-27-16-20(19-11-5-7-13-22(19)27)23(28)24(29)26-14-17-8-2-1-3-9-17/h1-13,16H,14-15H2,(H,26,29). The van der Waals surface area contributed by atoms with Gasteiger partial charge < -0.3 is 9.88 Å². The van der Waals surface area contributed by atoms with Crippen LogP contribution in [0.5, 0.6) is 0 Å². The Morgan fingerprint density at radius 3 is 2.34 bits per heavy atom. The molecule has 0 aliphatic heterocycles. The molecule has 0 spiro atoms. The van der Waals surface area contributed by atoms with Crippen molar-refractivity contribution < 1.29 is 14.0 Å². The number of aromatic nitrogens is 1. The van der Waals surface area contributed by atoms with Crippen molar-refractivity contribution in [2.45, 2.75) is 13.1 Å². The molecule has 0 aliphatic carbocycles. The van der Waals surface area contributed by atoms with Gasteiger partial charge in [0, 0.05) is 29.2 Å². The van der Waals surface area contributed by atoms with Crippen LogP contribution >= 0.6 is 0 Å². The van der Waals surface area contributed by atoms with Crippen molar-refractivity contribution in [1.29, 1.82) is 0 Å². The van der Waals surface area contributed by atoms with Gasteiger partial charge in [0.15, 0.2) is 0 Å². The zero-order chi connectivity index (χ0) is 20.2. The number of benzene rings is 3. The summed E-state index contributed by atoms with van der Waals surface area (Å²) in [7, 11) is 0. The number of carbonyl (C=O) groups excluding carboxylic acids is 2. The fourth-order valence-electron chi connectivity index (χ4n) is 3.35. The molecule has 0 saturated carbocycles. The molecule has 0 aliphatic rings. The van der Waals surface area contributed by atoms with Gasteiger partial charge in [-0.25, -0.2) is 4.39 Å². The molecule has 3 aromatic carbocycles. The smallest absolute Gasteiger partial charge is 0.292 e. The molecule has 1 N–H and O–H groups in total. The molecule has 29 heavy (non-hydrogen) atoms. The quantitative estimate of drug-likeness (QED) is 0.396. The number of halogens is 1. The summed E-state index contributed by atoms with van der Waals surface area (Å²) in [5.41, 5.74) is 2.51. The van der Waals surface area contributed by atoms with Crippen LogP contribution in [0.4, 0.5) is 4.39 Å². The topological polar surface area (TPSA) is 51.1 Å². The lowest BCUT2D eigenvalue weighted by Gasteiger charge is -2.06. The molecule has 1 amide bonds. The van der Waals surface area contributed by atoms with Gasteiger partial charge >= 0.3 is 0 Å². The van der Waals surface area contributed by atoms with E-state index < -0.39 is 11.7 Å². The summed E-state index contributed by atoms with van der Waals surface area (Å²) in [5.74, 6) is -1.58. The van der Waals surface area contributed by atoms with Crippen LogP contribution in [0.15, 0.2) is 85.1 Å². The third kappa shape index (κ3) is 3.94. The molecule has 144 valence electrons. The van der Waals surface area contributed by atoms with Crippen LogP contribution in [0.1, 0.15) is 21.5 Å². The molecular weight excluding hydrogens is 367 g/mol. The number of carbonyl (C=O) groups is 2. The largest absolute Gasteiger partial charge is 0.345 e. The molecule has 0 bridgehead atoms. The van der Waals surface area contributed by atoms with Crippen LogP contribution in [-0.2, 0) is 17.9 Å². The minimum Gasteiger partial charge on any atom is -0.345 e. The summed E-state index contributed by atoms with van der Waals surface area (Å²) in [5, 5.41) is 3.34. The van der Waals surface area contributed by atoms with E-state index in [0.29, 0.717) is 16.5 Å². The first kappa shape index (κ1) is 18.6. The normalized spacial score (nSPS) is 10.8. The van der Waals surface area contributed by atoms with Crippen molar-refractivity contribution in [1.82, 2.24) is 9.88 Å². The van der Waals surface area contributed by atoms with Crippen molar-refractivity contribution in [3.05, 3.63) is 108 Å². The van der Waals surface area contributed by atoms with E-state index in [9.17, 15) is 14.0 Å². The minimum absolute atomic E-state index is 0.270. The monoisotopic (exact) mass is 386 g/mol. The average Bonchev–Trinajstić information content (AvgIpc) is 3.12. The summed E-state index contributed by atoms with van der Waals surface area (Å²) >= 11 is 0. The molecule has 4 nitrogen and oxygen atoms in total. The number of nitrogens with zero attached hydrogens (tertiary/aromatic N) is 1. The Bertz CT molecular complexity index is 1180. The van der Waals surface area contributed by atoms with E-state index >= 15 is 0 Å². The Labute approximate surface area is 167 Å². The third-order valence-electron chi connectivity index (χ3n) is 4.83. The maximum Gasteiger partial charge on any atom is 0.292 e. The van der Waals surface area contributed by atoms with E-state index in [0.717, 1.165) is 11.1 Å². The second-order valence-corrected chi connectivity index (χ2v) is 6.78. The number of nitrogens with one attached hydrogen (secondary N) is 1. The summed E-state index contributed by atoms with van der Waals surface area (Å²) in [6.07, 6.45) is 1.63. The van der Waals surface area contributed by atoms with Crippen LogP contribution in [-0.4, -0.2) is 16.3 Å². The van der Waals surface area contributed by atoms with Gasteiger partial charge in [0.05, 0.1) is 12.1 Å². The number of hydrogen-bond acceptors (Lipinski definition) is 2. The Kier molecular flexibility index (Phi) is 5.20. The highest BCUT2D eigenvalue weighted by atomic mass is 19.1. The van der Waals surface area contributed by atoms with Gasteiger partial charge in [-0.2, -0.15) is 0 Å². The van der Waals surface area contributed by atoms with Gasteiger partial charge in [0.25, 0.3) is 11.7 Å². The highest BCUT2D eigenvalue weighted by molar-refractivity contribution is 6.44. The fraction of sp³-hybridized carbons (Fsp3) is 0.0833. The molecule has 0 radical (unpaired) electrons. The first-order valence-corrected chi connectivity index (χ1v) is 9.31. The second kappa shape index (κ2) is 8.10. The third-order valence-corrected chi connectivity index (χ3v) is 4.83. The number of ketones is 1. The first-order valence-electron chi connectivity index (χ1n) is 9.31. The van der Waals surface area contributed by atoms with E-state index in [4.69, 9.17) is 0 Å². The number of hydrogen-bond donors (Lipinski definition) is 1. The second-order valence-electron chi connectivity index (χ2n) is 6.78. The maximum absolute atomic E-state index is 14.1. The summed E-state index contributed by atoms with van der Waals surface area (Å²) < 4.78 is 15.9. The van der Waals surface area contributed by atoms with Gasteiger partial charge in [0.2, 0.25) is 0 Å². The van der Waals surface area contributed by atoms with Crippen LogP contribution in [0, 0.1) is 5.82 Å². The Morgan fingerprint density at radius 1 is 0.862 bits per heavy atom. The lowest BCUT2D eigenvalue weighted by atomic mass is 10.1. The number of Topliss-reactive ketones (excluding diaryl/α,β-unsaturated/α-hetero) is 1. The van der Waals surface area contributed by atoms with Crippen LogP contribution in [0.3, 0.4) is 0 Å². The Morgan fingerprint density at radius 2 is 1.55 bits per heavy atom. The number of fused-ring (bicyclic) bond motifs is 1. The van der Waals surface area contributed by atoms with E-state index in [1.54, 1.807) is 35.0 Å². The molecule has 4 aromatic rings. The van der Waals surface area contributed by atoms with Gasteiger partial charge in [0.1, 0.15) is 5.82 Å². The average molecular weight is 386 g/mol. The first-order chi connectivity index (χ1) is 14.1. The lowest BCUT2D eigenvalue weighted by molar-refractivity contribution is -0.117. The number of amides is 1. The molecule has 1 aromatic heterocycles. The van der Waals surface area contributed by atoms with Crippen LogP contribution in [0.2, 0.25) is 0 Å². The van der Waals surface area contributed by atoms with Gasteiger partial charge in [-0.1, -0.05) is 66.7 Å². The van der Waals surface area contributed by atoms with Gasteiger partial charge in [-0.15, -0.1) is 0 Å². The fourth-order valence-corrected chi connectivity index (χ4v) is 3.35. The SMILES string of the molecule is O=C(NCc1ccccc1)C(=O)c1cn(Cc2ccccc2F)c2ccccc12. The Balaban J connectivity index is 1.61. The molecular formula is C24H19FN2O2. The van der Waals surface area contributed by atoms with Crippen molar-refractivity contribution in [3.63, 3.8) is 0 Å². The summed E-state index contributed by atoms with van der Waals surface area (Å²) in [6, 6.07) is 23.2. The predicted octanol–water partition coefficient (Wildman–Crippen LogP) is 4.33. The summed E-state index contributed by atoms with van der Waals surface area (Å²) in [6.45, 7) is 0.547. The van der Waals surface area contributed by atoms with E-state index in [1.165, 1.54) is 6.07 Å². The zero-order valence-corrected chi connectivity index (χ0v) is 15.6. The number of para-hydroxylation sites is 1. The maximum atomic E-state index is 14.1.